The molecule has 25 heavy (non-hydrogen) atoms. The van der Waals surface area contributed by atoms with Crippen molar-refractivity contribution in [2.24, 2.45) is 10.2 Å². The Hall–Kier alpha value is -3.29. The van der Waals surface area contributed by atoms with E-state index in [0.29, 0.717) is 17.9 Å². The highest BCUT2D eigenvalue weighted by atomic mass is 16.7. The van der Waals surface area contributed by atoms with Crippen LogP contribution in [0.3, 0.4) is 0 Å². The molecule has 0 amide bonds. The summed E-state index contributed by atoms with van der Waals surface area (Å²) in [6.45, 7) is 0.152. The highest BCUT2D eigenvalue weighted by molar-refractivity contribution is 5.61. The summed E-state index contributed by atoms with van der Waals surface area (Å²) in [5.74, 6) is 1.25. The van der Waals surface area contributed by atoms with Crippen molar-refractivity contribution in [3.05, 3.63) is 63.2 Å². The van der Waals surface area contributed by atoms with Gasteiger partial charge in [0.15, 0.2) is 11.5 Å². The van der Waals surface area contributed by atoms with Crippen LogP contribution in [-0.4, -0.2) is 24.0 Å². The SMILES string of the molecule is O=CC1Cc2cc3c(cc2C(c2ccc([N+](=O)[O-])cc2)N=N1)OCO3. The van der Waals surface area contributed by atoms with Crippen molar-refractivity contribution in [3.63, 3.8) is 0 Å². The molecule has 0 spiro atoms. The minimum atomic E-state index is -0.567. The fourth-order valence-corrected chi connectivity index (χ4v) is 3.01. The number of nitrogens with zero attached hydrogens (tertiary/aromatic N) is 3. The Morgan fingerprint density at radius 3 is 2.52 bits per heavy atom. The summed E-state index contributed by atoms with van der Waals surface area (Å²) in [5, 5.41) is 19.3. The number of hydrogen-bond acceptors (Lipinski definition) is 7. The van der Waals surface area contributed by atoms with Crippen molar-refractivity contribution in [1.82, 2.24) is 0 Å². The molecule has 8 nitrogen and oxygen atoms in total. The Bertz CT molecular complexity index is 879. The van der Waals surface area contributed by atoms with Crippen LogP contribution in [0.1, 0.15) is 22.7 Å². The predicted molar refractivity (Wildman–Crippen MR) is 85.9 cm³/mol. The highest BCUT2D eigenvalue weighted by Crippen LogP contribution is 2.41. The number of hydrogen-bond donors (Lipinski definition) is 0. The first-order chi connectivity index (χ1) is 12.2. The molecule has 4 rings (SSSR count). The van der Waals surface area contributed by atoms with Crippen molar-refractivity contribution >= 4 is 12.0 Å². The molecular weight excluding hydrogens is 326 g/mol. The molecule has 0 radical (unpaired) electrons. The molecule has 2 aliphatic rings. The second kappa shape index (κ2) is 5.97. The fourth-order valence-electron chi connectivity index (χ4n) is 3.01. The lowest BCUT2D eigenvalue weighted by atomic mass is 9.92. The maximum atomic E-state index is 11.2. The van der Waals surface area contributed by atoms with Crippen LogP contribution in [0.25, 0.3) is 0 Å². The van der Waals surface area contributed by atoms with Crippen molar-refractivity contribution in [2.45, 2.75) is 18.5 Å². The van der Waals surface area contributed by atoms with Crippen LogP contribution < -0.4 is 9.47 Å². The minimum Gasteiger partial charge on any atom is -0.454 e. The Balaban J connectivity index is 1.81. The molecule has 8 heteroatoms. The van der Waals surface area contributed by atoms with Gasteiger partial charge in [-0.3, -0.25) is 10.1 Å². The quantitative estimate of drug-likeness (QED) is 0.486. The van der Waals surface area contributed by atoms with Crippen LogP contribution in [0.2, 0.25) is 0 Å². The van der Waals surface area contributed by atoms with Crippen LogP contribution in [0.4, 0.5) is 5.69 Å². The van der Waals surface area contributed by atoms with E-state index in [2.05, 4.69) is 10.2 Å². The molecule has 0 saturated carbocycles. The highest BCUT2D eigenvalue weighted by Gasteiger charge is 2.27. The topological polar surface area (TPSA) is 103 Å². The van der Waals surface area contributed by atoms with Crippen LogP contribution in [0.5, 0.6) is 11.5 Å². The van der Waals surface area contributed by atoms with Gasteiger partial charge in [0.1, 0.15) is 18.4 Å². The standard InChI is InChI=1S/C17H13N3O5/c21-8-12-5-11-6-15-16(25-9-24-15)7-14(11)17(19-18-12)10-1-3-13(4-2-10)20(22)23/h1-4,6-8,12,17H,5,9H2. The molecule has 2 atom stereocenters. The van der Waals surface area contributed by atoms with E-state index in [0.717, 1.165) is 23.0 Å². The molecule has 0 aromatic heterocycles. The normalized spacial score (nSPS) is 20.6. The first kappa shape index (κ1) is 15.3. The van der Waals surface area contributed by atoms with Gasteiger partial charge in [-0.05, 0) is 41.0 Å². The van der Waals surface area contributed by atoms with E-state index in [4.69, 9.17) is 9.47 Å². The van der Waals surface area contributed by atoms with E-state index in [1.165, 1.54) is 12.1 Å². The third-order valence-electron chi connectivity index (χ3n) is 4.27. The van der Waals surface area contributed by atoms with Gasteiger partial charge in [0.05, 0.1) is 4.92 Å². The van der Waals surface area contributed by atoms with E-state index in [9.17, 15) is 14.9 Å². The molecule has 2 unspecified atom stereocenters. The smallest absolute Gasteiger partial charge is 0.269 e. The number of carbonyl (C=O) groups is 1. The Kier molecular flexibility index (Phi) is 3.64. The lowest BCUT2D eigenvalue weighted by Crippen LogP contribution is -2.09. The van der Waals surface area contributed by atoms with E-state index in [1.54, 1.807) is 12.1 Å². The molecule has 2 heterocycles. The average molecular weight is 339 g/mol. The zero-order valence-electron chi connectivity index (χ0n) is 13.0. The molecule has 2 aromatic carbocycles. The maximum Gasteiger partial charge on any atom is 0.269 e. The van der Waals surface area contributed by atoms with Crippen molar-refractivity contribution in [2.75, 3.05) is 6.79 Å². The monoisotopic (exact) mass is 339 g/mol. The number of ether oxygens (including phenoxy) is 2. The zero-order valence-corrected chi connectivity index (χ0v) is 13.0. The van der Waals surface area contributed by atoms with Crippen LogP contribution in [0.15, 0.2) is 46.6 Å². The molecule has 0 saturated heterocycles. The molecule has 2 aromatic rings. The van der Waals surface area contributed by atoms with Crippen molar-refractivity contribution in [1.29, 1.82) is 0 Å². The first-order valence-electron chi connectivity index (χ1n) is 7.68. The molecule has 126 valence electrons. The van der Waals surface area contributed by atoms with Gasteiger partial charge >= 0.3 is 0 Å². The van der Waals surface area contributed by atoms with E-state index >= 15 is 0 Å². The van der Waals surface area contributed by atoms with Crippen molar-refractivity contribution in [3.8, 4) is 11.5 Å². The summed E-state index contributed by atoms with van der Waals surface area (Å²) in [5.41, 5.74) is 2.51. The van der Waals surface area contributed by atoms with Gasteiger partial charge in [0, 0.05) is 18.6 Å². The van der Waals surface area contributed by atoms with Gasteiger partial charge in [0.25, 0.3) is 5.69 Å². The van der Waals surface area contributed by atoms with Gasteiger partial charge in [-0.1, -0.05) is 0 Å². The Morgan fingerprint density at radius 1 is 1.12 bits per heavy atom. The van der Waals surface area contributed by atoms with Gasteiger partial charge < -0.3 is 14.3 Å². The third-order valence-corrected chi connectivity index (χ3v) is 4.27. The van der Waals surface area contributed by atoms with E-state index in [1.807, 2.05) is 12.1 Å². The lowest BCUT2D eigenvalue weighted by Gasteiger charge is -2.15. The molecular formula is C17H13N3O5. The summed E-state index contributed by atoms with van der Waals surface area (Å²) in [7, 11) is 0. The Labute approximate surface area is 142 Å². The number of nitro groups is 1. The van der Waals surface area contributed by atoms with Gasteiger partial charge in [0.2, 0.25) is 6.79 Å². The number of aldehydes is 1. The summed E-state index contributed by atoms with van der Waals surface area (Å²) in [6.07, 6.45) is 1.18. The first-order valence-corrected chi connectivity index (χ1v) is 7.68. The summed E-state index contributed by atoms with van der Waals surface area (Å²) in [4.78, 5) is 21.6. The zero-order chi connectivity index (χ0) is 17.4. The number of azo groups is 1. The van der Waals surface area contributed by atoms with Crippen molar-refractivity contribution < 1.29 is 19.2 Å². The van der Waals surface area contributed by atoms with E-state index in [-0.39, 0.29) is 12.5 Å². The second-order valence-electron chi connectivity index (χ2n) is 5.79. The van der Waals surface area contributed by atoms with Crippen LogP contribution in [0, 0.1) is 10.1 Å². The summed E-state index contributed by atoms with van der Waals surface area (Å²) in [6, 6.07) is 8.82. The Morgan fingerprint density at radius 2 is 1.84 bits per heavy atom. The minimum absolute atomic E-state index is 0.00555. The summed E-state index contributed by atoms with van der Waals surface area (Å²) >= 11 is 0. The second-order valence-corrected chi connectivity index (χ2v) is 5.79. The average Bonchev–Trinajstić information content (AvgIpc) is 3.00. The maximum absolute atomic E-state index is 11.2. The largest absolute Gasteiger partial charge is 0.454 e. The molecule has 2 aliphatic heterocycles. The van der Waals surface area contributed by atoms with E-state index < -0.39 is 17.0 Å². The number of benzene rings is 2. The van der Waals surface area contributed by atoms with Gasteiger partial charge in [-0.2, -0.15) is 10.2 Å². The fraction of sp³-hybridized carbons (Fsp3) is 0.235. The molecule has 0 N–H and O–H groups in total. The molecule has 0 fully saturated rings. The number of carbonyl (C=O) groups excluding carboxylic acids is 1. The number of rotatable bonds is 3. The van der Waals surface area contributed by atoms with Gasteiger partial charge in [-0.15, -0.1) is 0 Å². The van der Waals surface area contributed by atoms with Gasteiger partial charge in [-0.25, -0.2) is 0 Å². The van der Waals surface area contributed by atoms with Crippen LogP contribution in [-0.2, 0) is 11.2 Å². The number of non-ortho nitro benzene ring substituents is 1. The number of fused-ring (bicyclic) bond motifs is 2. The lowest BCUT2D eigenvalue weighted by molar-refractivity contribution is -0.384. The van der Waals surface area contributed by atoms with Crippen LogP contribution >= 0.6 is 0 Å². The predicted octanol–water partition coefficient (Wildman–Crippen LogP) is 2.99. The third kappa shape index (κ3) is 2.71. The molecule has 0 aliphatic carbocycles. The number of nitro benzene ring substituents is 1. The molecule has 0 bridgehead atoms. The summed E-state index contributed by atoms with van der Waals surface area (Å²) < 4.78 is 10.9.